The van der Waals surface area contributed by atoms with Gasteiger partial charge in [0.15, 0.2) is 12.1 Å². The number of ketones is 2. The molecule has 5 aliphatic rings. The number of amides is 1. The smallest absolute Gasteiger partial charge is 0.223 e. The summed E-state index contributed by atoms with van der Waals surface area (Å²) in [5.74, 6) is -2.04. The van der Waals surface area contributed by atoms with E-state index in [4.69, 9.17) is 24.7 Å². The number of hydrogen-bond acceptors (Lipinski definition) is 12. The lowest BCUT2D eigenvalue weighted by atomic mass is 9.75. The minimum Gasteiger partial charge on any atom is -0.507 e. The first kappa shape index (κ1) is 34.3. The van der Waals surface area contributed by atoms with Crippen molar-refractivity contribution in [3.05, 3.63) is 51.6 Å². The molecule has 0 spiro atoms. The fraction of sp³-hybridized carbons (Fsp3) is 0.571. The predicted molar refractivity (Wildman–Crippen MR) is 172 cm³/mol. The van der Waals surface area contributed by atoms with Gasteiger partial charge in [0.05, 0.1) is 42.6 Å². The average molecular weight is 668 g/mol. The highest BCUT2D eigenvalue weighted by molar-refractivity contribution is 6.31. The summed E-state index contributed by atoms with van der Waals surface area (Å²) >= 11 is 0. The Labute approximate surface area is 279 Å². The summed E-state index contributed by atoms with van der Waals surface area (Å²) in [6.07, 6.45) is 2.66. The van der Waals surface area contributed by atoms with E-state index in [2.05, 4.69) is 10.2 Å². The normalized spacial score (nSPS) is 29.7. The summed E-state index contributed by atoms with van der Waals surface area (Å²) < 4.78 is 21.3. The lowest BCUT2D eigenvalue weighted by Gasteiger charge is -2.43. The van der Waals surface area contributed by atoms with Gasteiger partial charge < -0.3 is 45.3 Å². The topological polar surface area (TPSA) is 190 Å². The highest BCUT2D eigenvalue weighted by Crippen LogP contribution is 2.47. The Morgan fingerprint density at radius 3 is 2.44 bits per heavy atom. The Bertz CT molecular complexity index is 1570. The first-order chi connectivity index (χ1) is 23.0. The van der Waals surface area contributed by atoms with Crippen LogP contribution in [0.1, 0.15) is 75.6 Å². The van der Waals surface area contributed by atoms with Crippen LogP contribution in [0.25, 0.3) is 0 Å². The molecule has 6 N–H and O–H groups in total. The van der Waals surface area contributed by atoms with Crippen molar-refractivity contribution in [1.29, 1.82) is 0 Å². The number of rotatable bonds is 5. The van der Waals surface area contributed by atoms with Gasteiger partial charge >= 0.3 is 0 Å². The summed E-state index contributed by atoms with van der Waals surface area (Å²) in [7, 11) is 3.05. The van der Waals surface area contributed by atoms with Crippen LogP contribution in [0.5, 0.6) is 17.2 Å². The molecule has 1 amide bonds. The van der Waals surface area contributed by atoms with Crippen LogP contribution in [0.4, 0.5) is 0 Å². The number of phenols is 2. The molecule has 3 aliphatic carbocycles. The molecule has 5 unspecified atom stereocenters. The number of carbonyl (C=O) groups is 3. The number of carbonyl (C=O) groups excluding carboxylic acids is 3. The molecule has 7 rings (SSSR count). The quantitative estimate of drug-likeness (QED) is 0.247. The second kappa shape index (κ2) is 14.1. The largest absolute Gasteiger partial charge is 0.507 e. The third-order valence-corrected chi connectivity index (χ3v) is 10.4. The summed E-state index contributed by atoms with van der Waals surface area (Å²) in [5.41, 5.74) is 6.33. The third kappa shape index (κ3) is 6.30. The minimum absolute atomic E-state index is 0.0649. The van der Waals surface area contributed by atoms with Gasteiger partial charge in [-0.05, 0) is 51.5 Å². The Morgan fingerprint density at radius 2 is 1.73 bits per heavy atom. The molecule has 2 aliphatic heterocycles. The fourth-order valence-corrected chi connectivity index (χ4v) is 7.57. The number of nitrogens with zero attached hydrogens (tertiary/aromatic N) is 1. The summed E-state index contributed by atoms with van der Waals surface area (Å²) in [6, 6.07) is 5.01. The van der Waals surface area contributed by atoms with E-state index in [1.54, 1.807) is 19.2 Å². The molecule has 48 heavy (non-hydrogen) atoms. The number of aromatic hydroxyl groups is 2. The summed E-state index contributed by atoms with van der Waals surface area (Å²) in [6.45, 7) is 4.89. The fourth-order valence-electron chi connectivity index (χ4n) is 7.57. The standard InChI is InChI=1S/C24H24N2O6.C11H21NO4/c1-32-16-4-2-3-14-17(16)23(30)19-18(21(14)28)22(29)15-7-10(5-6-13(15)20(19)27)24(31)26-12-8-11(25)9-12;1-8-11(13)9(3-5-15-8)12-4-6-16-10(7-12)14-2/h2-4,10-12,27,29H,5-9,25H2,1H3,(H,26,31);8-11,13H,3-7H2,1-2H3. The Balaban J connectivity index is 0.000000211. The van der Waals surface area contributed by atoms with Crippen molar-refractivity contribution in [3.8, 4) is 17.2 Å². The van der Waals surface area contributed by atoms with E-state index in [9.17, 15) is 29.7 Å². The molecule has 3 fully saturated rings. The van der Waals surface area contributed by atoms with Gasteiger partial charge in [-0.2, -0.15) is 0 Å². The molecule has 2 aromatic carbocycles. The molecule has 0 radical (unpaired) electrons. The first-order valence-electron chi connectivity index (χ1n) is 16.6. The van der Waals surface area contributed by atoms with Crippen molar-refractivity contribution in [2.24, 2.45) is 11.7 Å². The zero-order valence-corrected chi connectivity index (χ0v) is 27.6. The van der Waals surface area contributed by atoms with Crippen LogP contribution in [0.2, 0.25) is 0 Å². The molecule has 0 bridgehead atoms. The molecule has 2 aromatic rings. The van der Waals surface area contributed by atoms with Crippen LogP contribution in [-0.2, 0) is 31.8 Å². The number of methoxy groups -OCH3 is 2. The van der Waals surface area contributed by atoms with Gasteiger partial charge in [-0.3, -0.25) is 19.3 Å². The van der Waals surface area contributed by atoms with Crippen molar-refractivity contribution >= 4 is 17.5 Å². The van der Waals surface area contributed by atoms with Gasteiger partial charge in [0.2, 0.25) is 11.7 Å². The maximum Gasteiger partial charge on any atom is 0.223 e. The van der Waals surface area contributed by atoms with Crippen LogP contribution in [0.15, 0.2) is 18.2 Å². The van der Waals surface area contributed by atoms with Gasteiger partial charge in [0.25, 0.3) is 0 Å². The Morgan fingerprint density at radius 1 is 1.00 bits per heavy atom. The number of aliphatic hydroxyl groups is 1. The van der Waals surface area contributed by atoms with Crippen molar-refractivity contribution in [2.75, 3.05) is 40.5 Å². The molecular weight excluding hydrogens is 622 g/mol. The van der Waals surface area contributed by atoms with Gasteiger partial charge in [0.1, 0.15) is 17.2 Å². The maximum atomic E-state index is 13.3. The number of fused-ring (bicyclic) bond motifs is 3. The van der Waals surface area contributed by atoms with E-state index in [-0.39, 0.29) is 82.3 Å². The van der Waals surface area contributed by atoms with E-state index in [1.807, 2.05) is 6.92 Å². The molecular formula is C35H45N3O10. The van der Waals surface area contributed by atoms with E-state index in [0.717, 1.165) is 39.0 Å². The first-order valence-corrected chi connectivity index (χ1v) is 16.6. The number of nitrogens with one attached hydrogen (secondary N) is 1. The minimum atomic E-state index is -0.566. The average Bonchev–Trinajstić information content (AvgIpc) is 3.08. The highest BCUT2D eigenvalue weighted by atomic mass is 16.7. The lowest BCUT2D eigenvalue weighted by Crippen LogP contribution is -2.57. The SMILES string of the molecule is COC1CN(C2CCOC(C)C2O)CCO1.COc1cccc2c1C(=O)c1c(O)c3c(c(O)c1C2=O)CC(C(=O)NC1CC(N)C1)CC3. The third-order valence-electron chi connectivity index (χ3n) is 10.4. The number of hydrogen-bond donors (Lipinski definition) is 5. The zero-order valence-electron chi connectivity index (χ0n) is 27.6. The summed E-state index contributed by atoms with van der Waals surface area (Å²) in [5, 5.41) is 35.1. The predicted octanol–water partition coefficient (Wildman–Crippen LogP) is 1.42. The van der Waals surface area contributed by atoms with Gasteiger partial charge in [-0.15, -0.1) is 0 Å². The molecule has 13 heteroatoms. The second-order valence-corrected chi connectivity index (χ2v) is 13.3. The number of ether oxygens (including phenoxy) is 4. The molecule has 2 heterocycles. The molecule has 1 saturated carbocycles. The molecule has 13 nitrogen and oxygen atoms in total. The van der Waals surface area contributed by atoms with Crippen LogP contribution in [0.3, 0.4) is 0 Å². The highest BCUT2D eigenvalue weighted by Gasteiger charge is 2.42. The molecule has 260 valence electrons. The van der Waals surface area contributed by atoms with Crippen molar-refractivity contribution in [3.63, 3.8) is 0 Å². The van der Waals surface area contributed by atoms with Crippen molar-refractivity contribution in [2.45, 2.75) is 82.1 Å². The van der Waals surface area contributed by atoms with Crippen LogP contribution in [-0.4, -0.2) is 115 Å². The van der Waals surface area contributed by atoms with Crippen LogP contribution >= 0.6 is 0 Å². The van der Waals surface area contributed by atoms with E-state index in [0.29, 0.717) is 30.6 Å². The van der Waals surface area contributed by atoms with Gasteiger partial charge in [-0.1, -0.05) is 12.1 Å². The van der Waals surface area contributed by atoms with Crippen molar-refractivity contribution in [1.82, 2.24) is 10.2 Å². The number of nitrogens with two attached hydrogens (primary N) is 1. The van der Waals surface area contributed by atoms with Crippen LogP contribution < -0.4 is 15.8 Å². The number of benzene rings is 2. The molecule has 5 atom stereocenters. The number of phenolic OH excluding ortho intramolecular Hbond substituents is 2. The number of morpholine rings is 1. The van der Waals surface area contributed by atoms with E-state index in [1.165, 1.54) is 13.2 Å². The molecule has 2 saturated heterocycles. The van der Waals surface area contributed by atoms with Crippen LogP contribution in [0, 0.1) is 5.92 Å². The lowest BCUT2D eigenvalue weighted by molar-refractivity contribution is -0.190. The Kier molecular flexibility index (Phi) is 10.1. The molecule has 0 aromatic heterocycles. The number of aliphatic hydroxyl groups excluding tert-OH is 1. The maximum absolute atomic E-state index is 13.3. The van der Waals surface area contributed by atoms with E-state index >= 15 is 0 Å². The van der Waals surface area contributed by atoms with Crippen molar-refractivity contribution < 1.29 is 48.7 Å². The zero-order chi connectivity index (χ0) is 34.3. The Hall–Kier alpha value is -3.59. The summed E-state index contributed by atoms with van der Waals surface area (Å²) in [4.78, 5) is 41.5. The van der Waals surface area contributed by atoms with Gasteiger partial charge in [-0.25, -0.2) is 0 Å². The van der Waals surface area contributed by atoms with E-state index < -0.39 is 23.6 Å². The second-order valence-electron chi connectivity index (χ2n) is 13.3. The monoisotopic (exact) mass is 667 g/mol. The van der Waals surface area contributed by atoms with Gasteiger partial charge in [0, 0.05) is 67.5 Å².